The summed E-state index contributed by atoms with van der Waals surface area (Å²) in [6, 6.07) is 14.2. The van der Waals surface area contributed by atoms with Gasteiger partial charge in [0.25, 0.3) is 0 Å². The maximum atomic E-state index is 4.49. The first-order valence-electron chi connectivity index (χ1n) is 8.03. The number of benzene rings is 1. The number of hydrogen-bond donors (Lipinski definition) is 2. The monoisotopic (exact) mass is 319 g/mol. The van der Waals surface area contributed by atoms with Gasteiger partial charge in [-0.15, -0.1) is 0 Å². The minimum Gasteiger partial charge on any atom is -0.366 e. The van der Waals surface area contributed by atoms with E-state index < -0.39 is 0 Å². The van der Waals surface area contributed by atoms with Crippen LogP contribution in [0.15, 0.2) is 61.1 Å². The van der Waals surface area contributed by atoms with Crippen LogP contribution in [0.5, 0.6) is 0 Å². The molecule has 2 N–H and O–H groups in total. The van der Waals surface area contributed by atoms with Crippen molar-refractivity contribution in [3.8, 4) is 0 Å². The number of nitrogens with one attached hydrogen (secondary N) is 2. The van der Waals surface area contributed by atoms with E-state index in [-0.39, 0.29) is 0 Å². The van der Waals surface area contributed by atoms with E-state index in [4.69, 9.17) is 0 Å². The smallest absolute Gasteiger partial charge is 0.229 e. The molecule has 2 aromatic heterocycles. The van der Waals surface area contributed by atoms with Gasteiger partial charge in [0, 0.05) is 30.8 Å². The second kappa shape index (κ2) is 7.55. The lowest BCUT2D eigenvalue weighted by atomic mass is 10.0. The topological polar surface area (TPSA) is 62.7 Å². The van der Waals surface area contributed by atoms with Crippen LogP contribution in [0.4, 0.5) is 17.5 Å². The van der Waals surface area contributed by atoms with Gasteiger partial charge in [0.15, 0.2) is 0 Å². The fourth-order valence-electron chi connectivity index (χ4n) is 2.29. The van der Waals surface area contributed by atoms with Gasteiger partial charge in [0.1, 0.15) is 5.82 Å². The summed E-state index contributed by atoms with van der Waals surface area (Å²) in [7, 11) is 0. The lowest BCUT2D eigenvalue weighted by molar-refractivity contribution is 0.867. The van der Waals surface area contributed by atoms with Crippen LogP contribution >= 0.6 is 0 Å². The first-order valence-corrected chi connectivity index (χ1v) is 8.03. The van der Waals surface area contributed by atoms with Gasteiger partial charge in [0.2, 0.25) is 5.95 Å². The van der Waals surface area contributed by atoms with Crippen molar-refractivity contribution in [2.24, 2.45) is 0 Å². The minimum atomic E-state index is 0.524. The molecule has 0 spiro atoms. The highest BCUT2D eigenvalue weighted by Crippen LogP contribution is 2.19. The Labute approximate surface area is 142 Å². The first kappa shape index (κ1) is 15.9. The average Bonchev–Trinajstić information content (AvgIpc) is 2.62. The standard InChI is InChI=1S/C19H21N5/c1-14(2)16-3-5-17(6-4-16)23-19-21-12-9-18(24-19)22-13-15-7-10-20-11-8-15/h3-12,14H,13H2,1-2H3,(H2,21,22,23,24). The highest BCUT2D eigenvalue weighted by atomic mass is 15.1. The number of anilines is 3. The maximum Gasteiger partial charge on any atom is 0.229 e. The Hall–Kier alpha value is -2.95. The van der Waals surface area contributed by atoms with Crippen LogP contribution in [-0.2, 0) is 6.54 Å². The Kier molecular flexibility index (Phi) is 5.01. The molecule has 5 nitrogen and oxygen atoms in total. The Bertz CT molecular complexity index is 769. The fraction of sp³-hybridized carbons (Fsp3) is 0.211. The van der Waals surface area contributed by atoms with Gasteiger partial charge in [-0.25, -0.2) is 4.98 Å². The Balaban J connectivity index is 1.64. The van der Waals surface area contributed by atoms with Crippen LogP contribution in [0, 0.1) is 0 Å². The molecule has 0 atom stereocenters. The van der Waals surface area contributed by atoms with Gasteiger partial charge in [-0.3, -0.25) is 4.98 Å². The van der Waals surface area contributed by atoms with Crippen molar-refractivity contribution >= 4 is 17.5 Å². The number of rotatable bonds is 6. The molecule has 0 bridgehead atoms. The molecular formula is C19H21N5. The third-order valence-corrected chi connectivity index (χ3v) is 3.71. The zero-order chi connectivity index (χ0) is 16.8. The predicted octanol–water partition coefficient (Wildman–Crippen LogP) is 4.35. The summed E-state index contributed by atoms with van der Waals surface area (Å²) >= 11 is 0. The number of hydrogen-bond acceptors (Lipinski definition) is 5. The molecule has 1 aromatic carbocycles. The largest absolute Gasteiger partial charge is 0.366 e. The molecule has 0 aliphatic rings. The Morgan fingerprint density at radius 1 is 0.917 bits per heavy atom. The predicted molar refractivity (Wildman–Crippen MR) is 97.4 cm³/mol. The fourth-order valence-corrected chi connectivity index (χ4v) is 2.29. The lowest BCUT2D eigenvalue weighted by Crippen LogP contribution is -2.04. The molecule has 0 amide bonds. The number of nitrogens with zero attached hydrogens (tertiary/aromatic N) is 3. The molecule has 122 valence electrons. The summed E-state index contributed by atoms with van der Waals surface area (Å²) < 4.78 is 0. The van der Waals surface area contributed by atoms with Gasteiger partial charge in [-0.05, 0) is 47.4 Å². The van der Waals surface area contributed by atoms with Crippen molar-refractivity contribution in [3.63, 3.8) is 0 Å². The van der Waals surface area contributed by atoms with Crippen LogP contribution < -0.4 is 10.6 Å². The van der Waals surface area contributed by atoms with E-state index in [1.807, 2.05) is 18.2 Å². The van der Waals surface area contributed by atoms with Crippen LogP contribution in [0.2, 0.25) is 0 Å². The number of pyridine rings is 1. The van der Waals surface area contributed by atoms with Gasteiger partial charge in [-0.2, -0.15) is 4.98 Å². The molecule has 3 aromatic rings. The molecule has 0 saturated carbocycles. The molecule has 24 heavy (non-hydrogen) atoms. The summed E-state index contributed by atoms with van der Waals surface area (Å²) in [6.07, 6.45) is 5.31. The SMILES string of the molecule is CC(C)c1ccc(Nc2nccc(NCc3ccncc3)n2)cc1. The molecule has 3 rings (SSSR count). The summed E-state index contributed by atoms with van der Waals surface area (Å²) in [4.78, 5) is 12.8. The summed E-state index contributed by atoms with van der Waals surface area (Å²) in [5.41, 5.74) is 3.45. The van der Waals surface area contributed by atoms with Crippen molar-refractivity contribution in [2.45, 2.75) is 26.3 Å². The van der Waals surface area contributed by atoms with Gasteiger partial charge in [-0.1, -0.05) is 26.0 Å². The van der Waals surface area contributed by atoms with Crippen LogP contribution in [0.25, 0.3) is 0 Å². The molecule has 0 radical (unpaired) electrons. The quantitative estimate of drug-likeness (QED) is 0.707. The van der Waals surface area contributed by atoms with Crippen LogP contribution in [0.3, 0.4) is 0 Å². The average molecular weight is 319 g/mol. The normalized spacial score (nSPS) is 10.6. The molecule has 2 heterocycles. The van der Waals surface area contributed by atoms with Gasteiger partial charge >= 0.3 is 0 Å². The molecule has 0 aliphatic heterocycles. The van der Waals surface area contributed by atoms with Gasteiger partial charge in [0.05, 0.1) is 0 Å². The van der Waals surface area contributed by atoms with E-state index in [0.29, 0.717) is 18.4 Å². The second-order valence-electron chi connectivity index (χ2n) is 5.88. The molecule has 0 aliphatic carbocycles. The molecule has 5 heteroatoms. The Morgan fingerprint density at radius 2 is 1.67 bits per heavy atom. The number of aromatic nitrogens is 3. The molecule has 0 unspecified atom stereocenters. The van der Waals surface area contributed by atoms with E-state index in [0.717, 1.165) is 17.1 Å². The highest BCUT2D eigenvalue weighted by Gasteiger charge is 2.02. The minimum absolute atomic E-state index is 0.524. The summed E-state index contributed by atoms with van der Waals surface area (Å²) in [5.74, 6) is 1.88. The third kappa shape index (κ3) is 4.29. The lowest BCUT2D eigenvalue weighted by Gasteiger charge is -2.10. The highest BCUT2D eigenvalue weighted by molar-refractivity contribution is 5.55. The molecule has 0 fully saturated rings. The molecular weight excluding hydrogens is 298 g/mol. The Morgan fingerprint density at radius 3 is 2.38 bits per heavy atom. The van der Waals surface area contributed by atoms with Crippen molar-refractivity contribution in [1.29, 1.82) is 0 Å². The van der Waals surface area contributed by atoms with E-state index in [1.54, 1.807) is 18.6 Å². The summed E-state index contributed by atoms with van der Waals surface area (Å²) in [5, 5.41) is 6.53. The van der Waals surface area contributed by atoms with Gasteiger partial charge < -0.3 is 10.6 Å². The van der Waals surface area contributed by atoms with Crippen molar-refractivity contribution < 1.29 is 0 Å². The van der Waals surface area contributed by atoms with E-state index >= 15 is 0 Å². The van der Waals surface area contributed by atoms with Crippen molar-refractivity contribution in [3.05, 3.63) is 72.2 Å². The van der Waals surface area contributed by atoms with Crippen molar-refractivity contribution in [1.82, 2.24) is 15.0 Å². The summed E-state index contributed by atoms with van der Waals surface area (Å²) in [6.45, 7) is 5.06. The molecule has 0 saturated heterocycles. The van der Waals surface area contributed by atoms with Crippen LogP contribution in [0.1, 0.15) is 30.9 Å². The first-order chi connectivity index (χ1) is 11.7. The van der Waals surface area contributed by atoms with E-state index in [1.165, 1.54) is 5.56 Å². The maximum absolute atomic E-state index is 4.49. The van der Waals surface area contributed by atoms with E-state index in [2.05, 4.69) is 63.7 Å². The van der Waals surface area contributed by atoms with E-state index in [9.17, 15) is 0 Å². The zero-order valence-electron chi connectivity index (χ0n) is 13.9. The second-order valence-corrected chi connectivity index (χ2v) is 5.88. The third-order valence-electron chi connectivity index (χ3n) is 3.71. The zero-order valence-corrected chi connectivity index (χ0v) is 13.9. The van der Waals surface area contributed by atoms with Crippen LogP contribution in [-0.4, -0.2) is 15.0 Å². The van der Waals surface area contributed by atoms with Crippen molar-refractivity contribution in [2.75, 3.05) is 10.6 Å².